The summed E-state index contributed by atoms with van der Waals surface area (Å²) < 4.78 is 25.6. The van der Waals surface area contributed by atoms with Crippen molar-refractivity contribution in [2.75, 3.05) is 11.1 Å². The van der Waals surface area contributed by atoms with Gasteiger partial charge in [-0.3, -0.25) is 9.59 Å². The van der Waals surface area contributed by atoms with Gasteiger partial charge in [0.05, 0.1) is 16.8 Å². The Bertz CT molecular complexity index is 1290. The lowest BCUT2D eigenvalue weighted by atomic mass is 10.1. The van der Waals surface area contributed by atoms with Crippen LogP contribution in [-0.2, 0) is 21.1 Å². The van der Waals surface area contributed by atoms with Crippen molar-refractivity contribution in [1.82, 2.24) is 9.97 Å². The van der Waals surface area contributed by atoms with Gasteiger partial charge in [0.15, 0.2) is 10.1 Å². The highest BCUT2D eigenvalue weighted by Crippen LogP contribution is 2.23. The van der Waals surface area contributed by atoms with E-state index in [1.54, 1.807) is 12.1 Å². The van der Waals surface area contributed by atoms with Crippen molar-refractivity contribution in [3.05, 3.63) is 75.2 Å². The molecule has 0 saturated carbocycles. The highest BCUT2D eigenvalue weighted by Gasteiger charge is 2.22. The Morgan fingerprint density at radius 2 is 1.72 bits per heavy atom. The normalized spacial score (nSPS) is 11.4. The second-order valence-corrected chi connectivity index (χ2v) is 10.4. The van der Waals surface area contributed by atoms with Crippen LogP contribution in [0.3, 0.4) is 0 Å². The third kappa shape index (κ3) is 5.28. The number of H-pyrrole nitrogens is 1. The maximum Gasteiger partial charge on any atom is 0.270 e. The van der Waals surface area contributed by atoms with Gasteiger partial charge in [0.25, 0.3) is 5.56 Å². The summed E-state index contributed by atoms with van der Waals surface area (Å²) in [7, 11) is -3.99. The van der Waals surface area contributed by atoms with E-state index < -0.39 is 20.3 Å². The fourth-order valence-corrected chi connectivity index (χ4v) is 5.22. The molecule has 0 aliphatic rings. The highest BCUT2D eigenvalue weighted by molar-refractivity contribution is 7.99. The summed E-state index contributed by atoms with van der Waals surface area (Å²) >= 11 is 1.02. The van der Waals surface area contributed by atoms with Crippen molar-refractivity contribution in [1.29, 1.82) is 0 Å². The van der Waals surface area contributed by atoms with Crippen molar-refractivity contribution in [3.63, 3.8) is 0 Å². The molecule has 0 spiro atoms. The number of sulfone groups is 1. The summed E-state index contributed by atoms with van der Waals surface area (Å²) in [4.78, 5) is 30.9. The lowest BCUT2D eigenvalue weighted by Crippen LogP contribution is -2.20. The number of nitrogens with one attached hydrogen (secondary N) is 2. The summed E-state index contributed by atoms with van der Waals surface area (Å²) in [5.74, 6) is -0.235. The van der Waals surface area contributed by atoms with Gasteiger partial charge in [-0.15, -0.1) is 0 Å². The first-order valence-corrected chi connectivity index (χ1v) is 12.5. The number of aromatic amines is 1. The van der Waals surface area contributed by atoms with E-state index in [2.05, 4.69) is 15.3 Å². The summed E-state index contributed by atoms with van der Waals surface area (Å²) in [6.07, 6.45) is 1.82. The van der Waals surface area contributed by atoms with Gasteiger partial charge in [-0.05, 0) is 56.0 Å². The van der Waals surface area contributed by atoms with Gasteiger partial charge in [0.2, 0.25) is 15.7 Å². The molecule has 0 aliphatic heterocycles. The number of carbonyl (C=O) groups is 1. The fourth-order valence-electron chi connectivity index (χ4n) is 3.35. The van der Waals surface area contributed by atoms with Gasteiger partial charge in [-0.1, -0.05) is 48.5 Å². The molecule has 2 aromatic carbocycles. The first-order valence-electron chi connectivity index (χ1n) is 10.1. The Hall–Kier alpha value is -2.91. The molecule has 3 rings (SSSR count). The van der Waals surface area contributed by atoms with Crippen LogP contribution in [-0.4, -0.2) is 30.0 Å². The number of carbonyl (C=O) groups excluding carboxylic acids is 1. The summed E-state index contributed by atoms with van der Waals surface area (Å²) in [5, 5.41) is 3.05. The van der Waals surface area contributed by atoms with Gasteiger partial charge in [-0.25, -0.2) is 13.4 Å². The molecule has 0 atom stereocenters. The Morgan fingerprint density at radius 1 is 1.09 bits per heavy atom. The van der Waals surface area contributed by atoms with Crippen molar-refractivity contribution >= 4 is 33.2 Å². The number of benzene rings is 2. The topological polar surface area (TPSA) is 109 Å². The first kappa shape index (κ1) is 23.7. The molecule has 1 heterocycles. The maximum absolute atomic E-state index is 12.8. The molecule has 0 unspecified atom stereocenters. The standard InChI is InChI=1S/C23H25N3O4S2/c1-5-17-6-8-18(9-7-17)32(29,30)19-12-24-23(26-22(19)28)31-13-20(27)25-21-15(3)10-14(2)11-16(21)4/h6-12H,5,13H2,1-4H3,(H,25,27)(H,24,26,28). The molecule has 0 bridgehead atoms. The van der Waals surface area contributed by atoms with Gasteiger partial charge in [-0.2, -0.15) is 0 Å². The molecule has 7 nitrogen and oxygen atoms in total. The SMILES string of the molecule is CCc1ccc(S(=O)(=O)c2cnc(SCC(=O)Nc3c(C)cc(C)cc3C)[nH]c2=O)cc1. The van der Waals surface area contributed by atoms with Gasteiger partial charge < -0.3 is 10.3 Å². The average molecular weight is 472 g/mol. The maximum atomic E-state index is 12.8. The van der Waals surface area contributed by atoms with Crippen molar-refractivity contribution in [2.45, 2.75) is 49.1 Å². The van der Waals surface area contributed by atoms with E-state index in [9.17, 15) is 18.0 Å². The average Bonchev–Trinajstić information content (AvgIpc) is 2.74. The molecule has 3 aromatic rings. The van der Waals surface area contributed by atoms with E-state index >= 15 is 0 Å². The first-order chi connectivity index (χ1) is 15.1. The van der Waals surface area contributed by atoms with E-state index in [0.29, 0.717) is 0 Å². The summed E-state index contributed by atoms with van der Waals surface area (Å²) in [6.45, 7) is 7.82. The van der Waals surface area contributed by atoms with Gasteiger partial charge in [0, 0.05) is 5.69 Å². The number of thioether (sulfide) groups is 1. The number of hydrogen-bond donors (Lipinski definition) is 2. The zero-order valence-electron chi connectivity index (χ0n) is 18.4. The zero-order chi connectivity index (χ0) is 23.5. The van der Waals surface area contributed by atoms with Crippen molar-refractivity contribution < 1.29 is 13.2 Å². The number of anilines is 1. The third-order valence-electron chi connectivity index (χ3n) is 4.96. The van der Waals surface area contributed by atoms with Crippen LogP contribution in [0.5, 0.6) is 0 Å². The summed E-state index contributed by atoms with van der Waals surface area (Å²) in [6, 6.07) is 10.4. The molecule has 0 aliphatic carbocycles. The minimum Gasteiger partial charge on any atom is -0.325 e. The lowest BCUT2D eigenvalue weighted by molar-refractivity contribution is -0.113. The number of aryl methyl sites for hydroxylation is 4. The molecule has 168 valence electrons. The minimum atomic E-state index is -3.99. The molecule has 1 aromatic heterocycles. The molecular formula is C23H25N3O4S2. The number of amides is 1. The molecular weight excluding hydrogens is 446 g/mol. The second-order valence-electron chi connectivity index (χ2n) is 7.49. The van der Waals surface area contributed by atoms with Gasteiger partial charge in [0.1, 0.15) is 0 Å². The smallest absolute Gasteiger partial charge is 0.270 e. The summed E-state index contributed by atoms with van der Waals surface area (Å²) in [5.41, 5.74) is 4.04. The minimum absolute atomic E-state index is 0.0142. The van der Waals surface area contributed by atoms with Crippen LogP contribution in [0.4, 0.5) is 5.69 Å². The quantitative estimate of drug-likeness (QED) is 0.401. The second kappa shape index (κ2) is 9.70. The highest BCUT2D eigenvalue weighted by atomic mass is 32.2. The van der Waals surface area contributed by atoms with Crippen molar-refractivity contribution in [2.24, 2.45) is 0 Å². The van der Waals surface area contributed by atoms with Crippen molar-refractivity contribution in [3.8, 4) is 0 Å². The van der Waals surface area contributed by atoms with E-state index in [4.69, 9.17) is 0 Å². The largest absolute Gasteiger partial charge is 0.325 e. The van der Waals surface area contributed by atoms with Crippen LogP contribution in [0.15, 0.2) is 62.3 Å². The van der Waals surface area contributed by atoms with Gasteiger partial charge >= 0.3 is 0 Å². The van der Waals surface area contributed by atoms with Crippen LogP contribution in [0.25, 0.3) is 0 Å². The molecule has 32 heavy (non-hydrogen) atoms. The lowest BCUT2D eigenvalue weighted by Gasteiger charge is -2.12. The predicted octanol–water partition coefficient (Wildman–Crippen LogP) is 3.82. The Kier molecular flexibility index (Phi) is 7.20. The predicted molar refractivity (Wildman–Crippen MR) is 126 cm³/mol. The monoisotopic (exact) mass is 471 g/mol. The molecule has 0 saturated heterocycles. The third-order valence-corrected chi connectivity index (χ3v) is 7.61. The number of hydrogen-bond acceptors (Lipinski definition) is 6. The number of rotatable bonds is 7. The Labute approximate surface area is 191 Å². The van der Waals surface area contributed by atoms with E-state index in [1.165, 1.54) is 12.1 Å². The van der Waals surface area contributed by atoms with E-state index in [-0.39, 0.29) is 21.7 Å². The van der Waals surface area contributed by atoms with Crippen LogP contribution < -0.4 is 10.9 Å². The molecule has 0 fully saturated rings. The van der Waals surface area contributed by atoms with Crippen LogP contribution in [0, 0.1) is 20.8 Å². The van der Waals surface area contributed by atoms with Crippen LogP contribution in [0.2, 0.25) is 0 Å². The Morgan fingerprint density at radius 3 is 2.28 bits per heavy atom. The fraction of sp³-hybridized carbons (Fsp3) is 0.261. The molecule has 0 radical (unpaired) electrons. The van der Waals surface area contributed by atoms with Crippen LogP contribution >= 0.6 is 11.8 Å². The number of nitrogens with zero attached hydrogens (tertiary/aromatic N) is 1. The number of aromatic nitrogens is 2. The molecule has 1 amide bonds. The van der Waals surface area contributed by atoms with E-state index in [1.807, 2.05) is 39.8 Å². The zero-order valence-corrected chi connectivity index (χ0v) is 20.0. The molecule has 2 N–H and O–H groups in total. The van der Waals surface area contributed by atoms with Crippen LogP contribution in [0.1, 0.15) is 29.2 Å². The van der Waals surface area contributed by atoms with E-state index in [0.717, 1.165) is 52.3 Å². The Balaban J connectivity index is 1.71. The molecule has 9 heteroatoms.